The molecule has 9 heteroatoms. The molecule has 2 amide bonds. The molecule has 2 unspecified atom stereocenters. The maximum atomic E-state index is 12.9. The predicted octanol–water partition coefficient (Wildman–Crippen LogP) is 4.49. The second-order valence-corrected chi connectivity index (χ2v) is 7.10. The van der Waals surface area contributed by atoms with Gasteiger partial charge in [-0.25, -0.2) is 9.59 Å². The van der Waals surface area contributed by atoms with Crippen molar-refractivity contribution in [3.05, 3.63) is 29.8 Å². The van der Waals surface area contributed by atoms with Crippen LogP contribution < -0.4 is 5.32 Å². The van der Waals surface area contributed by atoms with E-state index in [1.807, 2.05) is 6.92 Å². The topological polar surface area (TPSA) is 58.6 Å². The average molecular weight is 418 g/mol. The minimum Gasteiger partial charge on any atom is -0.464 e. The van der Waals surface area contributed by atoms with Crippen molar-refractivity contribution in [3.63, 3.8) is 0 Å². The zero-order valence-corrected chi connectivity index (χ0v) is 17.2. The van der Waals surface area contributed by atoms with Crippen LogP contribution in [-0.4, -0.2) is 35.6 Å². The molecule has 2 aliphatic heterocycles. The fourth-order valence-electron chi connectivity index (χ4n) is 4.00. The highest BCUT2D eigenvalue weighted by atomic mass is 31.0. The maximum absolute atomic E-state index is 12.9. The van der Waals surface area contributed by atoms with Gasteiger partial charge in [0.15, 0.2) is 0 Å². The molecule has 156 valence electrons. The Bertz CT molecular complexity index is 706. The van der Waals surface area contributed by atoms with E-state index in [0.29, 0.717) is 6.42 Å². The number of anilines is 1. The lowest BCUT2D eigenvalue weighted by Crippen LogP contribution is -2.61. The molecule has 2 heterocycles. The summed E-state index contributed by atoms with van der Waals surface area (Å²) in [5.41, 5.74) is -0.781. The van der Waals surface area contributed by atoms with Gasteiger partial charge < -0.3 is 15.0 Å². The van der Waals surface area contributed by atoms with E-state index in [9.17, 15) is 22.8 Å². The lowest BCUT2D eigenvalue weighted by Gasteiger charge is -2.49. The van der Waals surface area contributed by atoms with Crippen LogP contribution in [0.4, 0.5) is 23.7 Å². The summed E-state index contributed by atoms with van der Waals surface area (Å²) in [5.74, 6) is -0.392. The standard InChI is InChI=1S/C19H23F3N2O3.H3P/c1-2-10-27-17(25)16-12-6-8-15(9-7-12)24(16)18(26)23-14-5-3-4-13(11-14)19(20,21)22;/h3-5,11-12,15-16H,2,6-10H2,1H3,(H,23,26);1H3. The van der Waals surface area contributed by atoms with E-state index in [4.69, 9.17) is 4.74 Å². The van der Waals surface area contributed by atoms with Gasteiger partial charge in [0.2, 0.25) is 0 Å². The third-order valence-electron chi connectivity index (χ3n) is 5.25. The number of nitrogens with one attached hydrogen (secondary N) is 1. The van der Waals surface area contributed by atoms with Gasteiger partial charge in [0.05, 0.1) is 12.2 Å². The first-order valence-electron chi connectivity index (χ1n) is 9.24. The Balaban J connectivity index is 0.00000280. The van der Waals surface area contributed by atoms with Crippen LogP contribution in [0.15, 0.2) is 24.3 Å². The second kappa shape index (κ2) is 9.12. The monoisotopic (exact) mass is 418 g/mol. The molecule has 0 aromatic heterocycles. The Kier molecular flexibility index (Phi) is 7.32. The van der Waals surface area contributed by atoms with Crippen molar-refractivity contribution < 1.29 is 27.5 Å². The molecular weight excluding hydrogens is 392 g/mol. The van der Waals surface area contributed by atoms with Crippen LogP contribution in [0.1, 0.15) is 44.6 Å². The molecule has 4 rings (SSSR count). The molecule has 5 nitrogen and oxygen atoms in total. The number of hydrogen-bond donors (Lipinski definition) is 1. The smallest absolute Gasteiger partial charge is 0.416 e. The highest BCUT2D eigenvalue weighted by Crippen LogP contribution is 2.40. The highest BCUT2D eigenvalue weighted by Gasteiger charge is 2.48. The minimum absolute atomic E-state index is 0. The SMILES string of the molecule is CCCOC(=O)C1C2CCC(CC2)N1C(=O)Nc1cccc(C(F)(F)F)c1.P. The summed E-state index contributed by atoms with van der Waals surface area (Å²) in [5, 5.41) is 2.53. The van der Waals surface area contributed by atoms with Gasteiger partial charge in [-0.05, 0) is 56.2 Å². The molecule has 3 fully saturated rings. The van der Waals surface area contributed by atoms with Gasteiger partial charge in [0, 0.05) is 11.7 Å². The van der Waals surface area contributed by atoms with Crippen LogP contribution in [0.3, 0.4) is 0 Å². The molecule has 2 saturated heterocycles. The molecule has 3 aliphatic rings. The summed E-state index contributed by atoms with van der Waals surface area (Å²) in [7, 11) is 0. The lowest BCUT2D eigenvalue weighted by atomic mass is 9.74. The summed E-state index contributed by atoms with van der Waals surface area (Å²) >= 11 is 0. The van der Waals surface area contributed by atoms with Crippen molar-refractivity contribution in [2.45, 2.75) is 57.3 Å². The van der Waals surface area contributed by atoms with E-state index in [0.717, 1.165) is 37.8 Å². The Labute approximate surface area is 165 Å². The third-order valence-corrected chi connectivity index (χ3v) is 5.25. The number of carbonyl (C=O) groups is 2. The highest BCUT2D eigenvalue weighted by molar-refractivity contribution is 6.92. The molecule has 2 atom stereocenters. The van der Waals surface area contributed by atoms with E-state index in [1.54, 1.807) is 0 Å². The fourth-order valence-corrected chi connectivity index (χ4v) is 4.00. The number of hydrogen-bond acceptors (Lipinski definition) is 3. The van der Waals surface area contributed by atoms with E-state index in [2.05, 4.69) is 5.32 Å². The molecule has 1 N–H and O–H groups in total. The van der Waals surface area contributed by atoms with E-state index < -0.39 is 29.8 Å². The van der Waals surface area contributed by atoms with Gasteiger partial charge in [0.25, 0.3) is 0 Å². The molecule has 0 radical (unpaired) electrons. The van der Waals surface area contributed by atoms with Crippen LogP contribution in [0.25, 0.3) is 0 Å². The van der Waals surface area contributed by atoms with Crippen LogP contribution in [0.5, 0.6) is 0 Å². The van der Waals surface area contributed by atoms with Crippen LogP contribution in [0.2, 0.25) is 0 Å². The summed E-state index contributed by atoms with van der Waals surface area (Å²) < 4.78 is 43.9. The van der Waals surface area contributed by atoms with Crippen molar-refractivity contribution in [3.8, 4) is 0 Å². The second-order valence-electron chi connectivity index (χ2n) is 7.10. The Morgan fingerprint density at radius 2 is 1.89 bits per heavy atom. The number of halogens is 3. The van der Waals surface area contributed by atoms with Crippen LogP contribution in [-0.2, 0) is 15.7 Å². The van der Waals surface area contributed by atoms with Gasteiger partial charge in [0.1, 0.15) is 6.04 Å². The zero-order chi connectivity index (χ0) is 19.6. The normalized spacial score (nSPS) is 23.7. The molecule has 1 aromatic rings. The van der Waals surface area contributed by atoms with Gasteiger partial charge in [-0.2, -0.15) is 23.1 Å². The molecule has 28 heavy (non-hydrogen) atoms. The van der Waals surface area contributed by atoms with Crippen molar-refractivity contribution in [2.24, 2.45) is 5.92 Å². The fraction of sp³-hybridized carbons (Fsp3) is 0.579. The number of carbonyl (C=O) groups excluding carboxylic acids is 2. The van der Waals surface area contributed by atoms with E-state index in [1.165, 1.54) is 17.0 Å². The maximum Gasteiger partial charge on any atom is 0.416 e. The Morgan fingerprint density at radius 3 is 2.50 bits per heavy atom. The van der Waals surface area contributed by atoms with Crippen LogP contribution >= 0.6 is 9.90 Å². The van der Waals surface area contributed by atoms with Gasteiger partial charge in [-0.1, -0.05) is 13.0 Å². The van der Waals surface area contributed by atoms with Crippen molar-refractivity contribution >= 4 is 27.6 Å². The van der Waals surface area contributed by atoms with Gasteiger partial charge in [-0.15, -0.1) is 0 Å². The number of piperidine rings is 2. The quantitative estimate of drug-likeness (QED) is 0.579. The minimum atomic E-state index is -4.49. The first-order valence-corrected chi connectivity index (χ1v) is 9.24. The average Bonchev–Trinajstić information content (AvgIpc) is 2.65. The summed E-state index contributed by atoms with van der Waals surface area (Å²) in [6.07, 6.45) is -0.523. The largest absolute Gasteiger partial charge is 0.464 e. The molecule has 2 bridgehead atoms. The number of urea groups is 1. The zero-order valence-electron chi connectivity index (χ0n) is 15.8. The number of fused-ring (bicyclic) bond motifs is 3. The number of nitrogens with zero attached hydrogens (tertiary/aromatic N) is 1. The predicted molar refractivity (Wildman–Crippen MR) is 104 cm³/mol. The third kappa shape index (κ3) is 4.77. The molecule has 1 aromatic carbocycles. The van der Waals surface area contributed by atoms with Crippen LogP contribution in [0, 0.1) is 5.92 Å². The van der Waals surface area contributed by atoms with Crippen molar-refractivity contribution in [1.29, 1.82) is 0 Å². The molecular formula is C19H26F3N2O3P. The Hall–Kier alpha value is -1.82. The van der Waals surface area contributed by atoms with Gasteiger partial charge >= 0.3 is 18.2 Å². The van der Waals surface area contributed by atoms with Gasteiger partial charge in [-0.3, -0.25) is 0 Å². The molecule has 1 saturated carbocycles. The van der Waals surface area contributed by atoms with Crippen molar-refractivity contribution in [1.82, 2.24) is 4.90 Å². The first kappa shape index (κ1) is 22.5. The summed E-state index contributed by atoms with van der Waals surface area (Å²) in [6.45, 7) is 2.17. The number of benzene rings is 1. The first-order chi connectivity index (χ1) is 12.8. The number of esters is 1. The lowest BCUT2D eigenvalue weighted by molar-refractivity contribution is -0.156. The number of amides is 2. The Morgan fingerprint density at radius 1 is 1.21 bits per heavy atom. The molecule has 0 spiro atoms. The summed E-state index contributed by atoms with van der Waals surface area (Å²) in [6, 6.07) is 3.17. The number of ether oxygens (including phenoxy) is 1. The molecule has 1 aliphatic carbocycles. The number of alkyl halides is 3. The number of rotatable bonds is 4. The summed E-state index contributed by atoms with van der Waals surface area (Å²) in [4.78, 5) is 26.8. The van der Waals surface area contributed by atoms with E-state index in [-0.39, 0.29) is 34.2 Å². The van der Waals surface area contributed by atoms with Crippen molar-refractivity contribution in [2.75, 3.05) is 11.9 Å². The van der Waals surface area contributed by atoms with E-state index >= 15 is 0 Å².